The van der Waals surface area contributed by atoms with Crippen molar-refractivity contribution in [3.63, 3.8) is 0 Å². The second-order valence-electron chi connectivity index (χ2n) is 8.04. The molecule has 1 unspecified atom stereocenters. The normalized spacial score (nSPS) is 11.1. The molecule has 2 rings (SSSR count). The fourth-order valence-electron chi connectivity index (χ4n) is 3.03. The van der Waals surface area contributed by atoms with Crippen LogP contribution < -0.4 is 25.0 Å². The quantitative estimate of drug-likeness (QED) is 0.169. The van der Waals surface area contributed by atoms with Crippen LogP contribution in [-0.2, 0) is 25.5 Å². The number of aromatic hydroxyl groups is 2. The molecule has 0 aliphatic carbocycles. The molecule has 2 aromatic rings. The number of carbonyl (C=O) groups is 5. The van der Waals surface area contributed by atoms with Crippen molar-refractivity contribution >= 4 is 35.7 Å². The molecule has 0 aliphatic rings. The topological polar surface area (TPSA) is 201 Å². The zero-order valence-electron chi connectivity index (χ0n) is 22.6. The van der Waals surface area contributed by atoms with E-state index in [9.17, 15) is 42.6 Å². The summed E-state index contributed by atoms with van der Waals surface area (Å²) in [5, 5.41) is 31.1. The van der Waals surface area contributed by atoms with Crippen LogP contribution in [0.2, 0.25) is 0 Å². The van der Waals surface area contributed by atoms with Gasteiger partial charge in [0.25, 0.3) is 0 Å². The number of halogens is 3. The number of carboxylic acids is 1. The standard InChI is InChI=1S/C23H27N3O9.C2HF3O2/c1-13(21(30)33-4)26(22(31)25-10-9-15-5-7-17(28)18(29)11-15)16-6-8-19(34-14(2)27)20(12-16)35-23(32)24-3;3-2(4,5)1(6)7/h5-8,11-13,28-29H,9-10H2,1-4H3,(H,24,32)(H,25,31);(H,6,7). The maximum atomic E-state index is 13.1. The van der Waals surface area contributed by atoms with Gasteiger partial charge >= 0.3 is 36.2 Å². The summed E-state index contributed by atoms with van der Waals surface area (Å²) in [4.78, 5) is 58.5. The van der Waals surface area contributed by atoms with Crippen molar-refractivity contribution in [2.45, 2.75) is 32.5 Å². The molecule has 0 heterocycles. The molecule has 5 N–H and O–H groups in total. The molecule has 0 bridgehead atoms. The highest BCUT2D eigenvalue weighted by atomic mass is 19.4. The lowest BCUT2D eigenvalue weighted by Crippen LogP contribution is -2.49. The molecule has 0 spiro atoms. The van der Waals surface area contributed by atoms with E-state index >= 15 is 0 Å². The first-order valence-electron chi connectivity index (χ1n) is 11.7. The molecule has 230 valence electrons. The summed E-state index contributed by atoms with van der Waals surface area (Å²) in [6, 6.07) is 6.53. The van der Waals surface area contributed by atoms with E-state index in [0.717, 1.165) is 4.90 Å². The molecule has 42 heavy (non-hydrogen) atoms. The van der Waals surface area contributed by atoms with E-state index < -0.39 is 42.3 Å². The van der Waals surface area contributed by atoms with Crippen molar-refractivity contribution in [2.24, 2.45) is 0 Å². The third kappa shape index (κ3) is 10.7. The number of carbonyl (C=O) groups excluding carboxylic acids is 4. The minimum atomic E-state index is -5.08. The van der Waals surface area contributed by atoms with Crippen molar-refractivity contribution in [3.8, 4) is 23.0 Å². The van der Waals surface area contributed by atoms with Crippen LogP contribution in [0.5, 0.6) is 23.0 Å². The Labute approximate surface area is 236 Å². The van der Waals surface area contributed by atoms with Gasteiger partial charge in [0.2, 0.25) is 0 Å². The zero-order chi connectivity index (χ0) is 32.2. The average molecular weight is 604 g/mol. The highest BCUT2D eigenvalue weighted by Crippen LogP contribution is 2.33. The van der Waals surface area contributed by atoms with Gasteiger partial charge in [0.1, 0.15) is 6.04 Å². The van der Waals surface area contributed by atoms with E-state index in [1.807, 2.05) is 0 Å². The van der Waals surface area contributed by atoms with E-state index in [0.29, 0.717) is 12.0 Å². The van der Waals surface area contributed by atoms with Gasteiger partial charge in [-0.3, -0.25) is 9.69 Å². The molecule has 0 radical (unpaired) electrons. The van der Waals surface area contributed by atoms with Crippen LogP contribution in [0.1, 0.15) is 19.4 Å². The third-order valence-corrected chi connectivity index (χ3v) is 4.99. The summed E-state index contributed by atoms with van der Waals surface area (Å²) in [5.41, 5.74) is 0.803. The molecule has 1 atom stereocenters. The fourth-order valence-corrected chi connectivity index (χ4v) is 3.03. The second kappa shape index (κ2) is 15.5. The Hall–Kier alpha value is -5.22. The van der Waals surface area contributed by atoms with Crippen LogP contribution in [0.3, 0.4) is 0 Å². The molecule has 3 amide bonds. The first-order chi connectivity index (χ1) is 19.5. The first kappa shape index (κ1) is 34.8. The molecule has 0 aromatic heterocycles. The lowest BCUT2D eigenvalue weighted by molar-refractivity contribution is -0.192. The van der Waals surface area contributed by atoms with Gasteiger partial charge in [0.05, 0.1) is 12.8 Å². The second-order valence-corrected chi connectivity index (χ2v) is 8.04. The Morgan fingerprint density at radius 2 is 1.60 bits per heavy atom. The highest BCUT2D eigenvalue weighted by Gasteiger charge is 2.38. The summed E-state index contributed by atoms with van der Waals surface area (Å²) in [5.74, 6) is -4.89. The molecule has 17 heteroatoms. The van der Waals surface area contributed by atoms with Crippen LogP contribution in [0.25, 0.3) is 0 Å². The van der Waals surface area contributed by atoms with E-state index in [2.05, 4.69) is 10.6 Å². The van der Waals surface area contributed by atoms with Gasteiger partial charge in [-0.1, -0.05) is 6.07 Å². The first-order valence-corrected chi connectivity index (χ1v) is 11.7. The third-order valence-electron chi connectivity index (χ3n) is 4.99. The smallest absolute Gasteiger partial charge is 0.490 e. The zero-order valence-corrected chi connectivity index (χ0v) is 22.6. The van der Waals surface area contributed by atoms with Gasteiger partial charge in [-0.05, 0) is 43.2 Å². The SMILES string of the molecule is CNC(=O)Oc1cc(N(C(=O)NCCc2ccc(O)c(O)c2)C(C)C(=O)OC)ccc1OC(C)=O.O=C(O)C(F)(F)F. The van der Waals surface area contributed by atoms with Gasteiger partial charge in [-0.2, -0.15) is 13.2 Å². The number of phenolic OH excluding ortho intramolecular Hbond substituents is 2. The number of urea groups is 1. The van der Waals surface area contributed by atoms with Crippen molar-refractivity contribution in [3.05, 3.63) is 42.0 Å². The van der Waals surface area contributed by atoms with Crippen LogP contribution in [-0.4, -0.2) is 78.3 Å². The number of methoxy groups -OCH3 is 1. The molecular weight excluding hydrogens is 575 g/mol. The molecule has 0 saturated heterocycles. The Balaban J connectivity index is 0.00000112. The van der Waals surface area contributed by atoms with Gasteiger partial charge in [0.15, 0.2) is 23.0 Å². The van der Waals surface area contributed by atoms with Crippen LogP contribution in [0, 0.1) is 0 Å². The maximum absolute atomic E-state index is 13.1. The summed E-state index contributed by atoms with van der Waals surface area (Å²) >= 11 is 0. The molecule has 14 nitrogen and oxygen atoms in total. The Kier molecular flexibility index (Phi) is 12.9. The number of aliphatic carboxylic acids is 1. The van der Waals surface area contributed by atoms with E-state index in [1.54, 1.807) is 6.07 Å². The number of anilines is 1. The summed E-state index contributed by atoms with van der Waals surface area (Å²) in [6.07, 6.45) is -5.61. The predicted molar refractivity (Wildman–Crippen MR) is 137 cm³/mol. The largest absolute Gasteiger partial charge is 0.504 e. The summed E-state index contributed by atoms with van der Waals surface area (Å²) in [7, 11) is 2.51. The molecular formula is C25H28F3N3O11. The maximum Gasteiger partial charge on any atom is 0.490 e. The van der Waals surface area contributed by atoms with E-state index in [1.165, 1.54) is 58.3 Å². The Bertz CT molecular complexity index is 1300. The van der Waals surface area contributed by atoms with E-state index in [-0.39, 0.29) is 35.2 Å². The number of carboxylic acid groups (broad SMARTS) is 1. The number of phenols is 2. The summed E-state index contributed by atoms with van der Waals surface area (Å²) < 4.78 is 46.7. The van der Waals surface area contributed by atoms with Crippen LogP contribution >= 0.6 is 0 Å². The lowest BCUT2D eigenvalue weighted by atomic mass is 10.1. The number of rotatable bonds is 8. The number of hydrogen-bond acceptors (Lipinski definition) is 10. The highest BCUT2D eigenvalue weighted by molar-refractivity contribution is 5.98. The van der Waals surface area contributed by atoms with Gasteiger partial charge in [0, 0.05) is 26.6 Å². The number of alkyl halides is 3. The molecule has 2 aromatic carbocycles. The van der Waals surface area contributed by atoms with Crippen LogP contribution in [0.15, 0.2) is 36.4 Å². The molecule has 0 aliphatic heterocycles. The number of amides is 3. The van der Waals surface area contributed by atoms with Crippen molar-refractivity contribution < 1.29 is 66.7 Å². The lowest BCUT2D eigenvalue weighted by Gasteiger charge is -2.28. The average Bonchev–Trinajstić information content (AvgIpc) is 2.91. The fraction of sp³-hybridized carbons (Fsp3) is 0.320. The van der Waals surface area contributed by atoms with E-state index in [4.69, 9.17) is 24.1 Å². The van der Waals surface area contributed by atoms with Gasteiger partial charge in [-0.15, -0.1) is 0 Å². The van der Waals surface area contributed by atoms with Gasteiger partial charge in [-0.25, -0.2) is 19.2 Å². The summed E-state index contributed by atoms with van der Waals surface area (Å²) in [6.45, 7) is 2.74. The van der Waals surface area contributed by atoms with Crippen LogP contribution in [0.4, 0.5) is 28.4 Å². The number of esters is 2. The van der Waals surface area contributed by atoms with Crippen molar-refractivity contribution in [1.29, 1.82) is 0 Å². The van der Waals surface area contributed by atoms with Gasteiger partial charge < -0.3 is 40.2 Å². The Morgan fingerprint density at radius 1 is 0.976 bits per heavy atom. The number of ether oxygens (including phenoxy) is 3. The monoisotopic (exact) mass is 603 g/mol. The number of nitrogens with zero attached hydrogens (tertiary/aromatic N) is 1. The van der Waals surface area contributed by atoms with Crippen molar-refractivity contribution in [2.75, 3.05) is 25.6 Å². The molecule has 0 saturated carbocycles. The number of hydrogen-bond donors (Lipinski definition) is 5. The predicted octanol–water partition coefficient (Wildman–Crippen LogP) is 2.69. The Morgan fingerprint density at radius 3 is 2.10 bits per heavy atom. The number of nitrogens with one attached hydrogen (secondary N) is 2. The molecule has 0 fully saturated rings. The number of benzene rings is 2. The van der Waals surface area contributed by atoms with Crippen molar-refractivity contribution in [1.82, 2.24) is 10.6 Å². The minimum absolute atomic E-state index is 0.0666. The minimum Gasteiger partial charge on any atom is -0.504 e.